The molecule has 7 nitrogen and oxygen atoms in total. The molecule has 3 heterocycles. The second-order valence-corrected chi connectivity index (χ2v) is 8.55. The zero-order valence-corrected chi connectivity index (χ0v) is 20.4. The van der Waals surface area contributed by atoms with Crippen LogP contribution in [0.15, 0.2) is 4.99 Å². The molecule has 1 aromatic rings. The first kappa shape index (κ1) is 23.3. The van der Waals surface area contributed by atoms with E-state index in [-0.39, 0.29) is 29.9 Å². The molecule has 1 amide bonds. The van der Waals surface area contributed by atoms with Crippen LogP contribution in [0.25, 0.3) is 0 Å². The average molecular weight is 520 g/mol. The van der Waals surface area contributed by atoms with Crippen molar-refractivity contribution in [2.45, 2.75) is 40.2 Å². The van der Waals surface area contributed by atoms with Gasteiger partial charge in [0.2, 0.25) is 5.91 Å². The van der Waals surface area contributed by atoms with Gasteiger partial charge in [-0.3, -0.25) is 9.69 Å². The number of nitrogens with one attached hydrogen (secondary N) is 1. The number of thiazole rings is 1. The monoisotopic (exact) mass is 520 g/mol. The van der Waals surface area contributed by atoms with Gasteiger partial charge in [0, 0.05) is 50.7 Å². The number of carbonyl (C=O) groups is 1. The topological polar surface area (TPSA) is 64.1 Å². The molecule has 2 saturated heterocycles. The van der Waals surface area contributed by atoms with Crippen LogP contribution in [0, 0.1) is 13.8 Å². The van der Waals surface area contributed by atoms with Gasteiger partial charge in [0.05, 0.1) is 23.8 Å². The first-order valence-electron chi connectivity index (χ1n) is 10.0. The van der Waals surface area contributed by atoms with E-state index in [0.29, 0.717) is 13.1 Å². The number of aryl methyl sites for hydroxylation is 2. The molecule has 2 fully saturated rings. The molecule has 2 aliphatic rings. The minimum atomic E-state index is 0. The predicted molar refractivity (Wildman–Crippen MR) is 126 cm³/mol. The van der Waals surface area contributed by atoms with Gasteiger partial charge < -0.3 is 15.1 Å². The molecule has 158 valence electrons. The third kappa shape index (κ3) is 6.28. The van der Waals surface area contributed by atoms with Crippen LogP contribution in [-0.4, -0.2) is 83.9 Å². The SMILES string of the molecule is CCNC(=NCc1sc(C)nc1C)N1CCN(CC(=O)N2CCCC2)CC1.I. The van der Waals surface area contributed by atoms with E-state index in [1.54, 1.807) is 11.3 Å². The van der Waals surface area contributed by atoms with Gasteiger partial charge in [-0.2, -0.15) is 0 Å². The number of hydrogen-bond donors (Lipinski definition) is 1. The molecular weight excluding hydrogens is 487 g/mol. The molecule has 0 saturated carbocycles. The van der Waals surface area contributed by atoms with Crippen LogP contribution in [0.1, 0.15) is 35.3 Å². The maximum atomic E-state index is 12.4. The summed E-state index contributed by atoms with van der Waals surface area (Å²) in [6.07, 6.45) is 2.31. The molecule has 1 aromatic heterocycles. The average Bonchev–Trinajstić information content (AvgIpc) is 3.29. The number of carbonyl (C=O) groups excluding carboxylic acids is 1. The highest BCUT2D eigenvalue weighted by Crippen LogP contribution is 2.18. The van der Waals surface area contributed by atoms with Gasteiger partial charge >= 0.3 is 0 Å². The Bertz CT molecular complexity index is 665. The van der Waals surface area contributed by atoms with Crippen molar-refractivity contribution in [3.8, 4) is 0 Å². The van der Waals surface area contributed by atoms with Crippen molar-refractivity contribution in [3.63, 3.8) is 0 Å². The van der Waals surface area contributed by atoms with E-state index in [9.17, 15) is 4.79 Å². The second kappa shape index (κ2) is 11.3. The summed E-state index contributed by atoms with van der Waals surface area (Å²) in [5.74, 6) is 1.26. The highest BCUT2D eigenvalue weighted by atomic mass is 127. The fourth-order valence-electron chi connectivity index (χ4n) is 3.67. The van der Waals surface area contributed by atoms with E-state index in [2.05, 4.69) is 33.9 Å². The summed E-state index contributed by atoms with van der Waals surface area (Å²) in [6.45, 7) is 13.8. The van der Waals surface area contributed by atoms with Crippen LogP contribution in [0.5, 0.6) is 0 Å². The molecule has 2 aliphatic heterocycles. The largest absolute Gasteiger partial charge is 0.357 e. The van der Waals surface area contributed by atoms with E-state index < -0.39 is 0 Å². The van der Waals surface area contributed by atoms with E-state index in [1.165, 1.54) is 4.88 Å². The lowest BCUT2D eigenvalue weighted by molar-refractivity contribution is -0.131. The van der Waals surface area contributed by atoms with Crippen LogP contribution < -0.4 is 5.32 Å². The molecule has 0 radical (unpaired) electrons. The summed E-state index contributed by atoms with van der Waals surface area (Å²) in [4.78, 5) is 29.5. The third-order valence-electron chi connectivity index (χ3n) is 5.20. The molecule has 28 heavy (non-hydrogen) atoms. The van der Waals surface area contributed by atoms with Crippen LogP contribution in [0.3, 0.4) is 0 Å². The quantitative estimate of drug-likeness (QED) is 0.366. The molecule has 3 rings (SSSR count). The van der Waals surface area contributed by atoms with Gasteiger partial charge in [0.15, 0.2) is 5.96 Å². The Hall–Kier alpha value is -0.940. The summed E-state index contributed by atoms with van der Waals surface area (Å²) in [5.41, 5.74) is 1.09. The van der Waals surface area contributed by atoms with E-state index in [0.717, 1.165) is 75.3 Å². The smallest absolute Gasteiger partial charge is 0.236 e. The Labute approximate surface area is 189 Å². The van der Waals surface area contributed by atoms with Gasteiger partial charge in [-0.15, -0.1) is 35.3 Å². The molecule has 0 bridgehead atoms. The van der Waals surface area contributed by atoms with Crippen molar-refractivity contribution in [2.24, 2.45) is 4.99 Å². The zero-order chi connectivity index (χ0) is 19.2. The first-order chi connectivity index (χ1) is 13.1. The lowest BCUT2D eigenvalue weighted by Crippen LogP contribution is -2.54. The van der Waals surface area contributed by atoms with Crippen molar-refractivity contribution < 1.29 is 4.79 Å². The highest BCUT2D eigenvalue weighted by Gasteiger charge is 2.24. The maximum Gasteiger partial charge on any atom is 0.236 e. The summed E-state index contributed by atoms with van der Waals surface area (Å²) in [7, 11) is 0. The minimum Gasteiger partial charge on any atom is -0.357 e. The molecule has 0 unspecified atom stereocenters. The van der Waals surface area contributed by atoms with Gasteiger partial charge in [0.1, 0.15) is 0 Å². The number of piperazine rings is 1. The van der Waals surface area contributed by atoms with Crippen molar-refractivity contribution in [1.29, 1.82) is 0 Å². The van der Waals surface area contributed by atoms with Gasteiger partial charge in [-0.25, -0.2) is 9.98 Å². The molecule has 9 heteroatoms. The number of halogens is 1. The fraction of sp³-hybridized carbons (Fsp3) is 0.737. The van der Waals surface area contributed by atoms with Gasteiger partial charge in [-0.1, -0.05) is 0 Å². The minimum absolute atomic E-state index is 0. The van der Waals surface area contributed by atoms with E-state index in [1.807, 2.05) is 11.8 Å². The Morgan fingerprint density at radius 3 is 2.36 bits per heavy atom. The fourth-order valence-corrected chi connectivity index (χ4v) is 4.53. The summed E-state index contributed by atoms with van der Waals surface area (Å²) >= 11 is 1.73. The Morgan fingerprint density at radius 2 is 1.79 bits per heavy atom. The first-order valence-corrected chi connectivity index (χ1v) is 10.8. The Kier molecular flexibility index (Phi) is 9.42. The zero-order valence-electron chi connectivity index (χ0n) is 17.2. The number of aromatic nitrogens is 1. The van der Waals surface area contributed by atoms with Crippen LogP contribution >= 0.6 is 35.3 Å². The molecular formula is C19H33IN6OS. The highest BCUT2D eigenvalue weighted by molar-refractivity contribution is 14.0. The summed E-state index contributed by atoms with van der Waals surface area (Å²) < 4.78 is 0. The van der Waals surface area contributed by atoms with E-state index >= 15 is 0 Å². The molecule has 0 aromatic carbocycles. The Balaban J connectivity index is 0.00000280. The van der Waals surface area contributed by atoms with E-state index in [4.69, 9.17) is 4.99 Å². The number of nitrogens with zero attached hydrogens (tertiary/aromatic N) is 5. The predicted octanol–water partition coefficient (Wildman–Crippen LogP) is 2.08. The number of hydrogen-bond acceptors (Lipinski definition) is 5. The van der Waals surface area contributed by atoms with Crippen LogP contribution in [0.2, 0.25) is 0 Å². The Morgan fingerprint density at radius 1 is 1.11 bits per heavy atom. The third-order valence-corrected chi connectivity index (χ3v) is 6.25. The standard InChI is InChI=1S/C19H32N6OS.HI/c1-4-20-19(21-13-17-15(2)22-16(3)27-17)25-11-9-23(10-12-25)14-18(26)24-7-5-6-8-24;/h4-14H2,1-3H3,(H,20,21);1H. The summed E-state index contributed by atoms with van der Waals surface area (Å²) in [6, 6.07) is 0. The van der Waals surface area contributed by atoms with Crippen molar-refractivity contribution in [1.82, 2.24) is 25.0 Å². The van der Waals surface area contributed by atoms with Crippen molar-refractivity contribution in [3.05, 3.63) is 15.6 Å². The summed E-state index contributed by atoms with van der Waals surface area (Å²) in [5, 5.41) is 4.51. The maximum absolute atomic E-state index is 12.4. The number of amides is 1. The number of likely N-dealkylation sites (tertiary alicyclic amines) is 1. The molecule has 0 aliphatic carbocycles. The molecule has 0 spiro atoms. The van der Waals surface area contributed by atoms with Gasteiger partial charge in [-0.05, 0) is 33.6 Å². The molecule has 0 atom stereocenters. The van der Waals surface area contributed by atoms with Crippen LogP contribution in [0.4, 0.5) is 0 Å². The lowest BCUT2D eigenvalue weighted by Gasteiger charge is -2.36. The number of guanidine groups is 1. The second-order valence-electron chi connectivity index (χ2n) is 7.26. The van der Waals surface area contributed by atoms with Gasteiger partial charge in [0.25, 0.3) is 0 Å². The lowest BCUT2D eigenvalue weighted by atomic mass is 10.3. The normalized spacial score (nSPS) is 18.3. The number of rotatable bonds is 5. The van der Waals surface area contributed by atoms with Crippen molar-refractivity contribution in [2.75, 3.05) is 52.4 Å². The van der Waals surface area contributed by atoms with Crippen molar-refractivity contribution >= 4 is 47.2 Å². The molecule has 1 N–H and O–H groups in total. The van der Waals surface area contributed by atoms with Crippen LogP contribution in [-0.2, 0) is 11.3 Å². The number of aliphatic imine (C=N–C) groups is 1.